The van der Waals surface area contributed by atoms with E-state index in [9.17, 15) is 0 Å². The van der Waals surface area contributed by atoms with Gasteiger partial charge in [0.2, 0.25) is 0 Å². The molecular formula is C23H27N5. The van der Waals surface area contributed by atoms with Gasteiger partial charge < -0.3 is 10.2 Å². The summed E-state index contributed by atoms with van der Waals surface area (Å²) in [4.78, 5) is 16.2. The topological polar surface area (TPSA) is 53.9 Å². The Balaban J connectivity index is 1.40. The molecule has 4 rings (SSSR count). The van der Waals surface area contributed by atoms with Crippen LogP contribution in [0.15, 0.2) is 61.1 Å². The summed E-state index contributed by atoms with van der Waals surface area (Å²) < 4.78 is 0. The number of piperidine rings is 1. The third kappa shape index (κ3) is 4.73. The van der Waals surface area contributed by atoms with Crippen LogP contribution in [-0.2, 0) is 6.42 Å². The number of nitrogens with zero attached hydrogens (tertiary/aromatic N) is 4. The Morgan fingerprint density at radius 1 is 1.11 bits per heavy atom. The molecular weight excluding hydrogens is 346 g/mol. The number of aryl methyl sites for hydroxylation is 1. The quantitative estimate of drug-likeness (QED) is 0.696. The third-order valence-corrected chi connectivity index (χ3v) is 5.39. The average molecular weight is 374 g/mol. The largest absolute Gasteiger partial charge is 0.323 e. The molecule has 1 aliphatic rings. The lowest BCUT2D eigenvalue weighted by molar-refractivity contribution is 0.208. The Morgan fingerprint density at radius 2 is 2.00 bits per heavy atom. The van der Waals surface area contributed by atoms with E-state index in [0.29, 0.717) is 5.92 Å². The predicted octanol–water partition coefficient (Wildman–Crippen LogP) is 4.35. The molecule has 1 saturated heterocycles. The van der Waals surface area contributed by atoms with Crippen LogP contribution >= 0.6 is 0 Å². The molecule has 28 heavy (non-hydrogen) atoms. The van der Waals surface area contributed by atoms with Crippen molar-refractivity contribution in [2.75, 3.05) is 25.0 Å². The smallest absolute Gasteiger partial charge is 0.150 e. The van der Waals surface area contributed by atoms with Crippen LogP contribution in [-0.4, -0.2) is 39.5 Å². The van der Waals surface area contributed by atoms with Crippen molar-refractivity contribution in [1.82, 2.24) is 19.9 Å². The van der Waals surface area contributed by atoms with Crippen molar-refractivity contribution >= 4 is 11.6 Å². The maximum atomic E-state index is 4.85. The summed E-state index contributed by atoms with van der Waals surface area (Å²) in [6.07, 6.45) is 8.95. The highest BCUT2D eigenvalue weighted by molar-refractivity contribution is 5.54. The SMILES string of the molecule is Cc1cccnc1Nc1cncc([C@@H]2CCCN(CCc3ccccc3)C2)n1. The number of benzene rings is 1. The second-order valence-electron chi connectivity index (χ2n) is 7.50. The second kappa shape index (κ2) is 8.93. The van der Waals surface area contributed by atoms with Crippen molar-refractivity contribution in [3.8, 4) is 0 Å². The molecule has 0 unspecified atom stereocenters. The van der Waals surface area contributed by atoms with Crippen molar-refractivity contribution in [3.05, 3.63) is 77.9 Å². The molecule has 0 aliphatic carbocycles. The molecule has 1 N–H and O–H groups in total. The van der Waals surface area contributed by atoms with E-state index in [4.69, 9.17) is 4.98 Å². The van der Waals surface area contributed by atoms with Gasteiger partial charge in [-0.3, -0.25) is 4.98 Å². The summed E-state index contributed by atoms with van der Waals surface area (Å²) >= 11 is 0. The van der Waals surface area contributed by atoms with Crippen LogP contribution in [0.4, 0.5) is 11.6 Å². The van der Waals surface area contributed by atoms with Gasteiger partial charge in [0.1, 0.15) is 11.6 Å². The molecule has 0 radical (unpaired) electrons. The van der Waals surface area contributed by atoms with Crippen LogP contribution in [0.5, 0.6) is 0 Å². The highest BCUT2D eigenvalue weighted by Crippen LogP contribution is 2.26. The second-order valence-corrected chi connectivity index (χ2v) is 7.50. The van der Waals surface area contributed by atoms with Gasteiger partial charge in [-0.1, -0.05) is 36.4 Å². The zero-order chi connectivity index (χ0) is 19.2. The Morgan fingerprint density at radius 3 is 2.86 bits per heavy atom. The van der Waals surface area contributed by atoms with Crippen LogP contribution < -0.4 is 5.32 Å². The average Bonchev–Trinajstić information content (AvgIpc) is 2.75. The number of hydrogen-bond acceptors (Lipinski definition) is 5. The van der Waals surface area contributed by atoms with E-state index in [1.54, 1.807) is 12.4 Å². The molecule has 5 heteroatoms. The lowest BCUT2D eigenvalue weighted by Crippen LogP contribution is -2.36. The first-order valence-corrected chi connectivity index (χ1v) is 10.0. The van der Waals surface area contributed by atoms with E-state index in [1.807, 2.05) is 25.3 Å². The minimum Gasteiger partial charge on any atom is -0.323 e. The lowest BCUT2D eigenvalue weighted by atomic mass is 9.94. The Kier molecular flexibility index (Phi) is 5.92. The molecule has 0 saturated carbocycles. The van der Waals surface area contributed by atoms with Gasteiger partial charge in [0.25, 0.3) is 0 Å². The van der Waals surface area contributed by atoms with Crippen LogP contribution in [0.25, 0.3) is 0 Å². The van der Waals surface area contributed by atoms with Gasteiger partial charge in [0, 0.05) is 31.4 Å². The van der Waals surface area contributed by atoms with E-state index in [-0.39, 0.29) is 0 Å². The monoisotopic (exact) mass is 373 g/mol. The van der Waals surface area contributed by atoms with E-state index in [2.05, 4.69) is 50.5 Å². The molecule has 0 amide bonds. The van der Waals surface area contributed by atoms with Crippen LogP contribution in [0.1, 0.15) is 35.6 Å². The lowest BCUT2D eigenvalue weighted by Gasteiger charge is -2.32. The van der Waals surface area contributed by atoms with E-state index in [1.165, 1.54) is 24.9 Å². The molecule has 1 atom stereocenters. The zero-order valence-electron chi connectivity index (χ0n) is 16.4. The van der Waals surface area contributed by atoms with Gasteiger partial charge in [0.05, 0.1) is 11.9 Å². The number of nitrogens with one attached hydrogen (secondary N) is 1. The van der Waals surface area contributed by atoms with Gasteiger partial charge in [0.15, 0.2) is 0 Å². The highest BCUT2D eigenvalue weighted by Gasteiger charge is 2.22. The van der Waals surface area contributed by atoms with E-state index in [0.717, 1.165) is 42.4 Å². The normalized spacial score (nSPS) is 17.4. The molecule has 0 spiro atoms. The molecule has 144 valence electrons. The fourth-order valence-electron chi connectivity index (χ4n) is 3.81. The summed E-state index contributed by atoms with van der Waals surface area (Å²) in [7, 11) is 0. The standard InChI is InChI=1S/C23H27N5/c1-18-7-5-12-25-23(18)27-22-16-24-15-21(26-22)20-10-6-13-28(17-20)14-11-19-8-3-2-4-9-19/h2-5,7-9,12,15-16,20H,6,10-11,13-14,17H2,1H3,(H,25,26,27)/t20-/m1/s1. The van der Waals surface area contributed by atoms with E-state index >= 15 is 0 Å². The summed E-state index contributed by atoms with van der Waals surface area (Å²) in [6.45, 7) is 5.35. The minimum absolute atomic E-state index is 0.434. The minimum atomic E-state index is 0.434. The Hall–Kier alpha value is -2.79. The van der Waals surface area contributed by atoms with Gasteiger partial charge in [-0.15, -0.1) is 0 Å². The molecule has 3 heterocycles. The summed E-state index contributed by atoms with van der Waals surface area (Å²) in [6, 6.07) is 14.7. The molecule has 0 bridgehead atoms. The van der Waals surface area contributed by atoms with Crippen molar-refractivity contribution in [1.29, 1.82) is 0 Å². The maximum absolute atomic E-state index is 4.85. The van der Waals surface area contributed by atoms with E-state index < -0.39 is 0 Å². The molecule has 3 aromatic rings. The van der Waals surface area contributed by atoms with Gasteiger partial charge in [-0.25, -0.2) is 9.97 Å². The number of pyridine rings is 1. The third-order valence-electron chi connectivity index (χ3n) is 5.39. The Labute approximate surface area is 166 Å². The predicted molar refractivity (Wildman–Crippen MR) is 113 cm³/mol. The number of rotatable bonds is 6. The summed E-state index contributed by atoms with van der Waals surface area (Å²) in [5, 5.41) is 3.31. The van der Waals surface area contributed by atoms with Crippen LogP contribution in [0.3, 0.4) is 0 Å². The molecule has 1 fully saturated rings. The first-order valence-electron chi connectivity index (χ1n) is 10.0. The van der Waals surface area contributed by atoms with Crippen molar-refractivity contribution in [2.45, 2.75) is 32.1 Å². The molecule has 2 aromatic heterocycles. The number of anilines is 2. The van der Waals surface area contributed by atoms with Gasteiger partial charge in [-0.2, -0.15) is 0 Å². The summed E-state index contributed by atoms with van der Waals surface area (Å²) in [5.41, 5.74) is 3.57. The first kappa shape index (κ1) is 18.6. The maximum Gasteiger partial charge on any atom is 0.150 e. The summed E-state index contributed by atoms with van der Waals surface area (Å²) in [5.74, 6) is 2.03. The van der Waals surface area contributed by atoms with Crippen molar-refractivity contribution in [2.24, 2.45) is 0 Å². The van der Waals surface area contributed by atoms with Crippen LogP contribution in [0.2, 0.25) is 0 Å². The fourth-order valence-corrected chi connectivity index (χ4v) is 3.81. The molecule has 5 nitrogen and oxygen atoms in total. The number of hydrogen-bond donors (Lipinski definition) is 1. The van der Waals surface area contributed by atoms with Crippen molar-refractivity contribution in [3.63, 3.8) is 0 Å². The molecule has 1 aliphatic heterocycles. The zero-order valence-corrected chi connectivity index (χ0v) is 16.4. The first-order chi connectivity index (χ1) is 13.8. The number of likely N-dealkylation sites (tertiary alicyclic amines) is 1. The number of aromatic nitrogens is 3. The van der Waals surface area contributed by atoms with Crippen LogP contribution in [0, 0.1) is 6.92 Å². The highest BCUT2D eigenvalue weighted by atomic mass is 15.1. The molecule has 1 aromatic carbocycles. The fraction of sp³-hybridized carbons (Fsp3) is 0.348. The van der Waals surface area contributed by atoms with Gasteiger partial charge in [-0.05, 0) is 49.9 Å². The van der Waals surface area contributed by atoms with Crippen molar-refractivity contribution < 1.29 is 0 Å². The Bertz CT molecular complexity index is 896. The van der Waals surface area contributed by atoms with Gasteiger partial charge >= 0.3 is 0 Å².